The highest BCUT2D eigenvalue weighted by Gasteiger charge is 2.47. The first-order chi connectivity index (χ1) is 12.7. The van der Waals surface area contributed by atoms with Gasteiger partial charge < -0.3 is 15.8 Å². The molecule has 1 unspecified atom stereocenters. The van der Waals surface area contributed by atoms with Crippen molar-refractivity contribution in [2.75, 3.05) is 13.2 Å². The fourth-order valence-corrected chi connectivity index (χ4v) is 3.87. The first-order valence-corrected chi connectivity index (χ1v) is 10.1. The molecule has 4 rings (SSSR count). The predicted octanol–water partition coefficient (Wildman–Crippen LogP) is 3.75. The van der Waals surface area contributed by atoms with Crippen LogP contribution in [-0.4, -0.2) is 19.3 Å². The molecule has 1 aromatic rings. The topological polar surface area (TPSA) is 47.3 Å². The van der Waals surface area contributed by atoms with Gasteiger partial charge in [-0.2, -0.15) is 0 Å². The first-order valence-electron chi connectivity index (χ1n) is 10.1. The van der Waals surface area contributed by atoms with Crippen molar-refractivity contribution in [3.63, 3.8) is 0 Å². The molecule has 3 fully saturated rings. The van der Waals surface area contributed by atoms with Crippen LogP contribution in [0.4, 0.5) is 0 Å². The van der Waals surface area contributed by atoms with Crippen LogP contribution in [0.3, 0.4) is 0 Å². The fraction of sp³-hybridized carbons (Fsp3) is 0.565. The predicted molar refractivity (Wildman–Crippen MR) is 106 cm³/mol. The van der Waals surface area contributed by atoms with E-state index in [1.165, 1.54) is 36.8 Å². The summed E-state index contributed by atoms with van der Waals surface area (Å²) in [7, 11) is 0. The molecule has 26 heavy (non-hydrogen) atoms. The largest absolute Gasteiger partial charge is 0.400 e. The number of hydrogen-bond acceptors (Lipinski definition) is 3. The van der Waals surface area contributed by atoms with Crippen LogP contribution < -0.4 is 11.1 Å². The minimum Gasteiger partial charge on any atom is -0.400 e. The summed E-state index contributed by atoms with van der Waals surface area (Å²) in [5, 5.41) is 3.41. The SMILES string of the molecule is Cc1ccc(C#CC2CC2)cc1C1(/C(N)=C/NCC2CCCCO2)CC1. The van der Waals surface area contributed by atoms with E-state index < -0.39 is 0 Å². The van der Waals surface area contributed by atoms with E-state index >= 15 is 0 Å². The molecular formula is C23H30N2O. The monoisotopic (exact) mass is 350 g/mol. The lowest BCUT2D eigenvalue weighted by Gasteiger charge is -2.23. The summed E-state index contributed by atoms with van der Waals surface area (Å²) < 4.78 is 5.78. The van der Waals surface area contributed by atoms with Gasteiger partial charge in [0, 0.05) is 41.9 Å². The normalized spacial score (nSPS) is 24.5. The Hall–Kier alpha value is -1.92. The second-order valence-corrected chi connectivity index (χ2v) is 8.15. The second kappa shape index (κ2) is 7.37. The number of nitrogens with two attached hydrogens (primary N) is 1. The average molecular weight is 351 g/mol. The molecule has 0 spiro atoms. The molecule has 3 nitrogen and oxygen atoms in total. The van der Waals surface area contributed by atoms with Crippen molar-refractivity contribution in [3.8, 4) is 11.8 Å². The maximum Gasteiger partial charge on any atom is 0.0747 e. The molecular weight excluding hydrogens is 320 g/mol. The molecule has 1 aromatic carbocycles. The molecule has 1 atom stereocenters. The third-order valence-corrected chi connectivity index (χ3v) is 5.93. The van der Waals surface area contributed by atoms with Crippen molar-refractivity contribution in [1.29, 1.82) is 0 Å². The Morgan fingerprint density at radius 2 is 2.15 bits per heavy atom. The van der Waals surface area contributed by atoms with E-state index in [4.69, 9.17) is 10.5 Å². The van der Waals surface area contributed by atoms with E-state index in [9.17, 15) is 0 Å². The summed E-state index contributed by atoms with van der Waals surface area (Å²) in [6, 6.07) is 6.61. The maximum atomic E-state index is 6.53. The highest BCUT2D eigenvalue weighted by atomic mass is 16.5. The molecule has 138 valence electrons. The summed E-state index contributed by atoms with van der Waals surface area (Å²) in [4.78, 5) is 0. The van der Waals surface area contributed by atoms with Crippen LogP contribution in [0.25, 0.3) is 0 Å². The van der Waals surface area contributed by atoms with Gasteiger partial charge in [-0.25, -0.2) is 0 Å². The minimum atomic E-state index is 0.00176. The number of nitrogens with one attached hydrogen (secondary N) is 1. The Balaban J connectivity index is 1.46. The van der Waals surface area contributed by atoms with Crippen LogP contribution in [0.15, 0.2) is 30.1 Å². The lowest BCUT2D eigenvalue weighted by Crippen LogP contribution is -2.31. The third kappa shape index (κ3) is 3.91. The zero-order chi connectivity index (χ0) is 18.0. The van der Waals surface area contributed by atoms with Crippen molar-refractivity contribution >= 4 is 0 Å². The summed E-state index contributed by atoms with van der Waals surface area (Å²) in [6.07, 6.45) is 10.7. The smallest absolute Gasteiger partial charge is 0.0747 e. The second-order valence-electron chi connectivity index (χ2n) is 8.15. The zero-order valence-corrected chi connectivity index (χ0v) is 15.8. The van der Waals surface area contributed by atoms with Gasteiger partial charge in [-0.3, -0.25) is 0 Å². The van der Waals surface area contributed by atoms with Gasteiger partial charge in [0.25, 0.3) is 0 Å². The first kappa shape index (κ1) is 17.5. The van der Waals surface area contributed by atoms with Crippen molar-refractivity contribution in [3.05, 3.63) is 46.8 Å². The standard InChI is InChI=1S/C23H30N2O/c1-17-5-6-19(10-9-18-7-8-18)14-21(17)23(11-12-23)22(24)16-25-15-20-4-2-3-13-26-20/h5-6,14,16,18,20,25H,2-4,7-8,11-13,15,24H2,1H3/b22-16-. The number of rotatable bonds is 5. The van der Waals surface area contributed by atoms with Crippen LogP contribution in [0.1, 0.15) is 61.6 Å². The maximum absolute atomic E-state index is 6.53. The molecule has 0 radical (unpaired) electrons. The van der Waals surface area contributed by atoms with Gasteiger partial charge >= 0.3 is 0 Å². The van der Waals surface area contributed by atoms with E-state index in [1.54, 1.807) is 0 Å². The van der Waals surface area contributed by atoms with E-state index in [2.05, 4.69) is 42.3 Å². The van der Waals surface area contributed by atoms with E-state index in [0.717, 1.165) is 43.7 Å². The van der Waals surface area contributed by atoms with Crippen LogP contribution in [0.5, 0.6) is 0 Å². The lowest BCUT2D eigenvalue weighted by atomic mass is 9.88. The molecule has 3 N–H and O–H groups in total. The quantitative estimate of drug-likeness (QED) is 0.795. The lowest BCUT2D eigenvalue weighted by molar-refractivity contribution is 0.0188. The minimum absolute atomic E-state index is 0.00176. The van der Waals surface area contributed by atoms with E-state index in [-0.39, 0.29) is 5.41 Å². The van der Waals surface area contributed by atoms with Gasteiger partial charge in [-0.1, -0.05) is 17.9 Å². The Kier molecular flexibility index (Phi) is 4.96. The van der Waals surface area contributed by atoms with Crippen LogP contribution in [0, 0.1) is 24.7 Å². The van der Waals surface area contributed by atoms with E-state index in [0.29, 0.717) is 12.0 Å². The van der Waals surface area contributed by atoms with Crippen LogP contribution >= 0.6 is 0 Å². The Morgan fingerprint density at radius 3 is 2.85 bits per heavy atom. The summed E-state index contributed by atoms with van der Waals surface area (Å²) in [6.45, 7) is 3.93. The van der Waals surface area contributed by atoms with Gasteiger partial charge in [-0.05, 0) is 75.1 Å². The highest BCUT2D eigenvalue weighted by molar-refractivity contribution is 5.50. The molecule has 0 bridgehead atoms. The molecule has 3 aliphatic rings. The van der Waals surface area contributed by atoms with Gasteiger partial charge in [0.1, 0.15) is 0 Å². The van der Waals surface area contributed by atoms with Gasteiger partial charge in [-0.15, -0.1) is 0 Å². The average Bonchev–Trinajstić information content (AvgIpc) is 3.56. The molecule has 1 saturated heterocycles. The summed E-state index contributed by atoms with van der Waals surface area (Å²) in [5.74, 6) is 7.36. The highest BCUT2D eigenvalue weighted by Crippen LogP contribution is 2.53. The molecule has 1 heterocycles. The molecule has 2 saturated carbocycles. The molecule has 0 amide bonds. The van der Waals surface area contributed by atoms with Crippen molar-refractivity contribution in [1.82, 2.24) is 5.32 Å². The molecule has 1 aliphatic heterocycles. The third-order valence-electron chi connectivity index (χ3n) is 5.93. The fourth-order valence-electron chi connectivity index (χ4n) is 3.87. The Labute approximate surface area is 157 Å². The number of benzene rings is 1. The van der Waals surface area contributed by atoms with Crippen LogP contribution in [0.2, 0.25) is 0 Å². The van der Waals surface area contributed by atoms with Crippen LogP contribution in [-0.2, 0) is 10.2 Å². The van der Waals surface area contributed by atoms with Gasteiger partial charge in [0.15, 0.2) is 0 Å². The Morgan fingerprint density at radius 1 is 1.31 bits per heavy atom. The van der Waals surface area contributed by atoms with Gasteiger partial charge in [0.05, 0.1) is 6.10 Å². The van der Waals surface area contributed by atoms with Crippen molar-refractivity contribution < 1.29 is 4.74 Å². The number of ether oxygens (including phenoxy) is 1. The zero-order valence-electron chi connectivity index (χ0n) is 15.8. The molecule has 0 aromatic heterocycles. The summed E-state index contributed by atoms with van der Waals surface area (Å²) >= 11 is 0. The van der Waals surface area contributed by atoms with E-state index in [1.807, 2.05) is 6.20 Å². The molecule has 2 aliphatic carbocycles. The molecule has 3 heteroatoms. The van der Waals surface area contributed by atoms with Crippen molar-refractivity contribution in [2.24, 2.45) is 11.7 Å². The van der Waals surface area contributed by atoms with Crippen molar-refractivity contribution in [2.45, 2.75) is 63.4 Å². The number of allylic oxidation sites excluding steroid dienone is 1. The van der Waals surface area contributed by atoms with Gasteiger partial charge in [0.2, 0.25) is 0 Å². The summed E-state index contributed by atoms with van der Waals surface area (Å²) in [5.41, 5.74) is 11.3. The Bertz CT molecular complexity index is 741. The number of hydrogen-bond donors (Lipinski definition) is 2. The number of aryl methyl sites for hydroxylation is 1.